The fourth-order valence-electron chi connectivity index (χ4n) is 1.93. The van der Waals surface area contributed by atoms with Crippen molar-refractivity contribution in [3.8, 4) is 0 Å². The molecule has 1 saturated heterocycles. The van der Waals surface area contributed by atoms with Gasteiger partial charge in [0.15, 0.2) is 0 Å². The average molecular weight is 324 g/mol. The molecule has 1 fully saturated rings. The van der Waals surface area contributed by atoms with Crippen LogP contribution in [0.3, 0.4) is 0 Å². The van der Waals surface area contributed by atoms with Crippen molar-refractivity contribution >= 4 is 24.2 Å². The smallest absolute Gasteiger partial charge is 0.242 e. The number of carbonyl (C=O) groups is 2. The van der Waals surface area contributed by atoms with Crippen LogP contribution >= 0.6 is 12.4 Å². The van der Waals surface area contributed by atoms with Crippen molar-refractivity contribution in [3.05, 3.63) is 0 Å². The van der Waals surface area contributed by atoms with Gasteiger partial charge in [0.05, 0.1) is 31.9 Å². The van der Waals surface area contributed by atoms with Crippen LogP contribution in [0.5, 0.6) is 0 Å². The number of halogens is 1. The highest BCUT2D eigenvalue weighted by molar-refractivity contribution is 5.87. The van der Waals surface area contributed by atoms with Crippen LogP contribution in [0.25, 0.3) is 0 Å². The Labute approximate surface area is 131 Å². The third-order valence-corrected chi connectivity index (χ3v) is 3.28. The number of ether oxygens (including phenoxy) is 2. The Balaban J connectivity index is 0.00000400. The molecule has 1 aliphatic heterocycles. The summed E-state index contributed by atoms with van der Waals surface area (Å²) in [6.07, 6.45) is -0.105. The van der Waals surface area contributed by atoms with Gasteiger partial charge in [-0.1, -0.05) is 13.8 Å². The zero-order valence-corrected chi connectivity index (χ0v) is 13.6. The van der Waals surface area contributed by atoms with E-state index in [2.05, 4.69) is 5.32 Å². The van der Waals surface area contributed by atoms with E-state index in [0.717, 1.165) is 0 Å². The summed E-state index contributed by atoms with van der Waals surface area (Å²) in [6, 6.07) is -0.589. The molecule has 0 bridgehead atoms. The Bertz CT molecular complexity index is 339. The normalized spacial score (nSPS) is 19.9. The highest BCUT2D eigenvalue weighted by Crippen LogP contribution is 2.05. The van der Waals surface area contributed by atoms with Crippen molar-refractivity contribution in [2.24, 2.45) is 11.7 Å². The predicted molar refractivity (Wildman–Crippen MR) is 81.3 cm³/mol. The lowest BCUT2D eigenvalue weighted by Gasteiger charge is -2.32. The second kappa shape index (κ2) is 9.94. The Morgan fingerprint density at radius 2 is 2.14 bits per heavy atom. The molecule has 0 aromatic rings. The lowest BCUT2D eigenvalue weighted by atomic mass is 10.1. The van der Waals surface area contributed by atoms with Gasteiger partial charge in [-0.3, -0.25) is 9.59 Å². The maximum absolute atomic E-state index is 12.0. The van der Waals surface area contributed by atoms with E-state index in [1.54, 1.807) is 12.0 Å². The molecule has 1 rings (SSSR count). The van der Waals surface area contributed by atoms with Crippen molar-refractivity contribution in [1.29, 1.82) is 0 Å². The molecule has 8 heteroatoms. The molecule has 1 unspecified atom stereocenters. The molecule has 2 amide bonds. The van der Waals surface area contributed by atoms with Gasteiger partial charge >= 0.3 is 0 Å². The van der Waals surface area contributed by atoms with Crippen molar-refractivity contribution in [3.63, 3.8) is 0 Å². The number of carbonyl (C=O) groups excluding carboxylic acids is 2. The summed E-state index contributed by atoms with van der Waals surface area (Å²) in [6.45, 7) is 5.66. The van der Waals surface area contributed by atoms with E-state index in [-0.39, 0.29) is 42.8 Å². The van der Waals surface area contributed by atoms with Crippen LogP contribution in [-0.2, 0) is 19.1 Å². The minimum Gasteiger partial charge on any atom is -0.382 e. The zero-order valence-electron chi connectivity index (χ0n) is 12.8. The van der Waals surface area contributed by atoms with E-state index in [9.17, 15) is 9.59 Å². The van der Waals surface area contributed by atoms with E-state index in [1.165, 1.54) is 0 Å². The largest absolute Gasteiger partial charge is 0.382 e. The molecule has 0 saturated carbocycles. The number of morpholine rings is 1. The van der Waals surface area contributed by atoms with Gasteiger partial charge in [0.25, 0.3) is 0 Å². The first kappa shape index (κ1) is 20.1. The molecular formula is C13H26ClN3O4. The molecule has 0 radical (unpaired) electrons. The second-order valence-corrected chi connectivity index (χ2v) is 5.28. The third-order valence-electron chi connectivity index (χ3n) is 3.28. The molecule has 7 nitrogen and oxygen atoms in total. The van der Waals surface area contributed by atoms with Gasteiger partial charge in [-0.05, 0) is 5.92 Å². The van der Waals surface area contributed by atoms with Gasteiger partial charge < -0.3 is 25.4 Å². The quantitative estimate of drug-likeness (QED) is 0.679. The molecule has 1 heterocycles. The van der Waals surface area contributed by atoms with Gasteiger partial charge in [0.2, 0.25) is 11.8 Å². The van der Waals surface area contributed by atoms with E-state index in [4.69, 9.17) is 15.2 Å². The summed E-state index contributed by atoms with van der Waals surface area (Å²) < 4.78 is 10.5. The monoisotopic (exact) mass is 323 g/mol. The van der Waals surface area contributed by atoms with E-state index in [1.807, 2.05) is 13.8 Å². The molecule has 1 aliphatic rings. The van der Waals surface area contributed by atoms with Crippen LogP contribution in [0.4, 0.5) is 0 Å². The second-order valence-electron chi connectivity index (χ2n) is 5.28. The molecule has 124 valence electrons. The standard InChI is InChI=1S/C13H25N3O4.ClH/c1-9(2)12(14)13(18)15-6-11(17)16-4-5-20-10(7-16)8-19-3;/h9-10,12H,4-8,14H2,1-3H3,(H,15,18);1H/t10?,12-;/m0./s1. The lowest BCUT2D eigenvalue weighted by molar-refractivity contribution is -0.141. The number of methoxy groups -OCH3 is 1. The first-order valence-electron chi connectivity index (χ1n) is 6.87. The van der Waals surface area contributed by atoms with Crippen LogP contribution in [0.15, 0.2) is 0 Å². The first-order valence-corrected chi connectivity index (χ1v) is 6.87. The molecule has 0 aromatic carbocycles. The van der Waals surface area contributed by atoms with Crippen LogP contribution in [0.1, 0.15) is 13.8 Å². The number of hydrogen-bond acceptors (Lipinski definition) is 5. The van der Waals surface area contributed by atoms with Crippen LogP contribution in [-0.4, -0.2) is 68.8 Å². The molecule has 2 atom stereocenters. The first-order chi connectivity index (χ1) is 9.45. The van der Waals surface area contributed by atoms with E-state index < -0.39 is 6.04 Å². The number of amides is 2. The molecule has 0 aliphatic carbocycles. The molecular weight excluding hydrogens is 298 g/mol. The van der Waals surface area contributed by atoms with Gasteiger partial charge in [-0.2, -0.15) is 0 Å². The predicted octanol–water partition coefficient (Wildman–Crippen LogP) is -0.618. The van der Waals surface area contributed by atoms with Crippen molar-refractivity contribution in [2.75, 3.05) is 40.0 Å². The minimum absolute atomic E-state index is 0. The molecule has 0 spiro atoms. The zero-order chi connectivity index (χ0) is 15.1. The Kier molecular flexibility index (Phi) is 9.52. The Morgan fingerprint density at radius 1 is 1.48 bits per heavy atom. The maximum Gasteiger partial charge on any atom is 0.242 e. The molecule has 3 N–H and O–H groups in total. The van der Waals surface area contributed by atoms with E-state index >= 15 is 0 Å². The molecule has 21 heavy (non-hydrogen) atoms. The maximum atomic E-state index is 12.0. The van der Waals surface area contributed by atoms with Gasteiger partial charge in [0, 0.05) is 20.2 Å². The topological polar surface area (TPSA) is 93.9 Å². The lowest BCUT2D eigenvalue weighted by Crippen LogP contribution is -2.52. The van der Waals surface area contributed by atoms with Crippen molar-refractivity contribution in [2.45, 2.75) is 26.0 Å². The highest BCUT2D eigenvalue weighted by atomic mass is 35.5. The number of nitrogens with two attached hydrogens (primary N) is 1. The summed E-state index contributed by atoms with van der Waals surface area (Å²) >= 11 is 0. The number of hydrogen-bond donors (Lipinski definition) is 2. The summed E-state index contributed by atoms with van der Waals surface area (Å²) in [5.74, 6) is -0.381. The summed E-state index contributed by atoms with van der Waals surface area (Å²) in [4.78, 5) is 25.4. The molecule has 0 aromatic heterocycles. The Morgan fingerprint density at radius 3 is 2.71 bits per heavy atom. The Hall–Kier alpha value is -0.890. The minimum atomic E-state index is -0.589. The van der Waals surface area contributed by atoms with Gasteiger partial charge in [-0.15, -0.1) is 12.4 Å². The number of nitrogens with zero attached hydrogens (tertiary/aromatic N) is 1. The fourth-order valence-corrected chi connectivity index (χ4v) is 1.93. The fraction of sp³-hybridized carbons (Fsp3) is 0.846. The van der Waals surface area contributed by atoms with Gasteiger partial charge in [0.1, 0.15) is 0 Å². The average Bonchev–Trinajstić information content (AvgIpc) is 2.44. The number of nitrogens with one attached hydrogen (secondary N) is 1. The van der Waals surface area contributed by atoms with Gasteiger partial charge in [-0.25, -0.2) is 0 Å². The summed E-state index contributed by atoms with van der Waals surface area (Å²) in [5.41, 5.74) is 5.71. The number of rotatable bonds is 6. The van der Waals surface area contributed by atoms with Crippen molar-refractivity contribution in [1.82, 2.24) is 10.2 Å². The summed E-state index contributed by atoms with van der Waals surface area (Å²) in [5, 5.41) is 2.58. The SMILES string of the molecule is COCC1CN(C(=O)CNC(=O)[C@@H](N)C(C)C)CCO1.Cl. The van der Waals surface area contributed by atoms with Crippen LogP contribution in [0, 0.1) is 5.92 Å². The van der Waals surface area contributed by atoms with Crippen LogP contribution in [0.2, 0.25) is 0 Å². The van der Waals surface area contributed by atoms with Crippen molar-refractivity contribution < 1.29 is 19.1 Å². The third kappa shape index (κ3) is 6.60. The highest BCUT2D eigenvalue weighted by Gasteiger charge is 2.25. The summed E-state index contributed by atoms with van der Waals surface area (Å²) in [7, 11) is 1.59. The van der Waals surface area contributed by atoms with E-state index in [0.29, 0.717) is 26.3 Å². The van der Waals surface area contributed by atoms with Crippen LogP contribution < -0.4 is 11.1 Å².